The standard InChI is InChI=1S/C17H14F3N3OS2/c1-2-24-13-5-3-11(4-6-13)15-22-12(9-25-15)10-26-16-21-8-7-14(23-16)17(18,19)20/h3-9H,2,10H2,1H3. The monoisotopic (exact) mass is 397 g/mol. The molecule has 0 saturated carbocycles. The Morgan fingerprint density at radius 2 is 1.88 bits per heavy atom. The normalized spacial score (nSPS) is 11.5. The van der Waals surface area contributed by atoms with Gasteiger partial charge >= 0.3 is 6.18 Å². The molecule has 0 unspecified atom stereocenters. The Bertz CT molecular complexity index is 866. The maximum Gasteiger partial charge on any atom is 0.433 e. The van der Waals surface area contributed by atoms with Crippen molar-refractivity contribution >= 4 is 23.1 Å². The summed E-state index contributed by atoms with van der Waals surface area (Å²) in [5.74, 6) is 1.19. The van der Waals surface area contributed by atoms with Gasteiger partial charge in [0.05, 0.1) is 12.3 Å². The lowest BCUT2D eigenvalue weighted by atomic mass is 10.2. The lowest BCUT2D eigenvalue weighted by Crippen LogP contribution is -2.08. The number of hydrogen-bond acceptors (Lipinski definition) is 6. The lowest BCUT2D eigenvalue weighted by Gasteiger charge is -2.06. The average Bonchev–Trinajstić information content (AvgIpc) is 3.09. The third kappa shape index (κ3) is 4.73. The first-order chi connectivity index (χ1) is 12.5. The topological polar surface area (TPSA) is 47.9 Å². The van der Waals surface area contributed by atoms with Gasteiger partial charge in [0.1, 0.15) is 16.5 Å². The molecule has 0 bridgehead atoms. The number of alkyl halides is 3. The van der Waals surface area contributed by atoms with Crippen LogP contribution in [-0.2, 0) is 11.9 Å². The minimum atomic E-state index is -4.47. The summed E-state index contributed by atoms with van der Waals surface area (Å²) in [6, 6.07) is 8.47. The molecule has 0 amide bonds. The van der Waals surface area contributed by atoms with Gasteiger partial charge in [-0.25, -0.2) is 15.0 Å². The predicted octanol–water partition coefficient (Wildman–Crippen LogP) is 5.31. The molecule has 3 aromatic rings. The van der Waals surface area contributed by atoms with Crippen LogP contribution in [0.4, 0.5) is 13.2 Å². The van der Waals surface area contributed by atoms with E-state index in [1.54, 1.807) is 0 Å². The van der Waals surface area contributed by atoms with Crippen molar-refractivity contribution in [2.24, 2.45) is 0 Å². The summed E-state index contributed by atoms with van der Waals surface area (Å²) >= 11 is 2.60. The quantitative estimate of drug-likeness (QED) is 0.417. The zero-order valence-electron chi connectivity index (χ0n) is 13.7. The van der Waals surface area contributed by atoms with Crippen LogP contribution in [-0.4, -0.2) is 21.6 Å². The van der Waals surface area contributed by atoms with E-state index in [9.17, 15) is 13.2 Å². The van der Waals surface area contributed by atoms with E-state index in [0.717, 1.165) is 46.0 Å². The van der Waals surface area contributed by atoms with Gasteiger partial charge in [0, 0.05) is 22.9 Å². The first-order valence-electron chi connectivity index (χ1n) is 7.66. The van der Waals surface area contributed by atoms with E-state index in [1.165, 1.54) is 11.3 Å². The fourth-order valence-electron chi connectivity index (χ4n) is 2.07. The molecule has 3 rings (SSSR count). The molecule has 0 atom stereocenters. The number of nitrogens with zero attached hydrogens (tertiary/aromatic N) is 3. The molecular weight excluding hydrogens is 383 g/mol. The molecule has 2 aromatic heterocycles. The van der Waals surface area contributed by atoms with E-state index in [-0.39, 0.29) is 5.16 Å². The highest BCUT2D eigenvalue weighted by Gasteiger charge is 2.32. The minimum absolute atomic E-state index is 0.0791. The number of thioether (sulfide) groups is 1. The molecule has 0 aliphatic heterocycles. The minimum Gasteiger partial charge on any atom is -0.494 e. The van der Waals surface area contributed by atoms with E-state index >= 15 is 0 Å². The highest BCUT2D eigenvalue weighted by Crippen LogP contribution is 2.30. The van der Waals surface area contributed by atoms with Crippen LogP contribution in [0, 0.1) is 0 Å². The summed E-state index contributed by atoms with van der Waals surface area (Å²) < 4.78 is 43.4. The fraction of sp³-hybridized carbons (Fsp3) is 0.235. The summed E-state index contributed by atoms with van der Waals surface area (Å²) in [5.41, 5.74) is 0.790. The van der Waals surface area contributed by atoms with Crippen LogP contribution in [0.2, 0.25) is 0 Å². The Morgan fingerprint density at radius 1 is 1.12 bits per heavy atom. The van der Waals surface area contributed by atoms with Crippen LogP contribution < -0.4 is 4.74 Å². The molecule has 9 heteroatoms. The summed E-state index contributed by atoms with van der Waals surface area (Å²) in [5, 5.41) is 2.80. The Kier molecular flexibility index (Phi) is 5.77. The van der Waals surface area contributed by atoms with Crippen molar-refractivity contribution in [3.63, 3.8) is 0 Å². The lowest BCUT2D eigenvalue weighted by molar-refractivity contribution is -0.141. The van der Waals surface area contributed by atoms with Crippen molar-refractivity contribution in [3.05, 3.63) is 53.3 Å². The van der Waals surface area contributed by atoms with E-state index in [4.69, 9.17) is 4.74 Å². The number of ether oxygens (including phenoxy) is 1. The Morgan fingerprint density at radius 3 is 2.58 bits per heavy atom. The van der Waals surface area contributed by atoms with Gasteiger partial charge in [-0.3, -0.25) is 0 Å². The largest absolute Gasteiger partial charge is 0.494 e. The van der Waals surface area contributed by atoms with Crippen LogP contribution in [0.15, 0.2) is 47.1 Å². The molecule has 0 aliphatic carbocycles. The number of aromatic nitrogens is 3. The summed E-state index contributed by atoms with van der Waals surface area (Å²) in [6.07, 6.45) is -3.36. The Labute approximate surface area is 156 Å². The number of hydrogen-bond donors (Lipinski definition) is 0. The van der Waals surface area contributed by atoms with E-state index in [1.807, 2.05) is 36.6 Å². The molecule has 0 spiro atoms. The molecule has 26 heavy (non-hydrogen) atoms. The highest BCUT2D eigenvalue weighted by atomic mass is 32.2. The molecule has 1 aromatic carbocycles. The van der Waals surface area contributed by atoms with Gasteiger partial charge in [0.2, 0.25) is 0 Å². The zero-order chi connectivity index (χ0) is 18.6. The number of rotatable bonds is 6. The van der Waals surface area contributed by atoms with Crippen molar-refractivity contribution in [2.45, 2.75) is 24.0 Å². The van der Waals surface area contributed by atoms with Gasteiger partial charge in [-0.15, -0.1) is 11.3 Å². The first kappa shape index (κ1) is 18.7. The van der Waals surface area contributed by atoms with Gasteiger partial charge < -0.3 is 4.74 Å². The number of thiazole rings is 1. The molecule has 0 aliphatic rings. The summed E-state index contributed by atoms with van der Waals surface area (Å²) in [4.78, 5) is 11.9. The number of halogens is 3. The van der Waals surface area contributed by atoms with Crippen LogP contribution in [0.3, 0.4) is 0 Å². The Hall–Kier alpha value is -2.13. The Balaban J connectivity index is 1.65. The molecule has 136 valence electrons. The summed E-state index contributed by atoms with van der Waals surface area (Å²) in [6.45, 7) is 2.53. The maximum atomic E-state index is 12.7. The van der Waals surface area contributed by atoms with Crippen molar-refractivity contribution in [1.82, 2.24) is 15.0 Å². The zero-order valence-corrected chi connectivity index (χ0v) is 15.3. The van der Waals surface area contributed by atoms with Gasteiger partial charge in [-0.05, 0) is 37.3 Å². The summed E-state index contributed by atoms with van der Waals surface area (Å²) in [7, 11) is 0. The molecule has 0 N–H and O–H groups in total. The maximum absolute atomic E-state index is 12.7. The molecule has 0 fully saturated rings. The van der Waals surface area contributed by atoms with Crippen LogP contribution in [0.5, 0.6) is 5.75 Å². The number of benzene rings is 1. The second kappa shape index (κ2) is 8.05. The average molecular weight is 397 g/mol. The third-order valence-electron chi connectivity index (χ3n) is 3.24. The SMILES string of the molecule is CCOc1ccc(-c2nc(CSc3nccc(C(F)(F)F)n3)cs2)cc1. The van der Waals surface area contributed by atoms with E-state index in [2.05, 4.69) is 15.0 Å². The van der Waals surface area contributed by atoms with Crippen molar-refractivity contribution in [3.8, 4) is 16.3 Å². The first-order valence-corrected chi connectivity index (χ1v) is 9.53. The van der Waals surface area contributed by atoms with Crippen LogP contribution in [0.25, 0.3) is 10.6 Å². The predicted molar refractivity (Wildman–Crippen MR) is 95.3 cm³/mol. The second-order valence-electron chi connectivity index (χ2n) is 5.11. The van der Waals surface area contributed by atoms with Gasteiger partial charge in [-0.1, -0.05) is 11.8 Å². The van der Waals surface area contributed by atoms with Crippen molar-refractivity contribution in [2.75, 3.05) is 6.61 Å². The van der Waals surface area contributed by atoms with Crippen molar-refractivity contribution in [1.29, 1.82) is 0 Å². The molecule has 2 heterocycles. The molecule has 4 nitrogen and oxygen atoms in total. The van der Waals surface area contributed by atoms with Crippen LogP contribution >= 0.6 is 23.1 Å². The fourth-order valence-corrected chi connectivity index (χ4v) is 3.73. The third-order valence-corrected chi connectivity index (χ3v) is 5.07. The molecule has 0 radical (unpaired) electrons. The second-order valence-corrected chi connectivity index (χ2v) is 6.91. The van der Waals surface area contributed by atoms with Crippen LogP contribution in [0.1, 0.15) is 18.3 Å². The highest BCUT2D eigenvalue weighted by molar-refractivity contribution is 7.98. The van der Waals surface area contributed by atoms with E-state index in [0.29, 0.717) is 12.4 Å². The van der Waals surface area contributed by atoms with E-state index < -0.39 is 11.9 Å². The van der Waals surface area contributed by atoms with Gasteiger partial charge in [0.25, 0.3) is 0 Å². The van der Waals surface area contributed by atoms with Crippen molar-refractivity contribution < 1.29 is 17.9 Å². The molecular formula is C17H14F3N3OS2. The van der Waals surface area contributed by atoms with Gasteiger partial charge in [-0.2, -0.15) is 13.2 Å². The molecule has 0 saturated heterocycles. The smallest absolute Gasteiger partial charge is 0.433 e. The van der Waals surface area contributed by atoms with Gasteiger partial charge in [0.15, 0.2) is 5.16 Å².